The molecule has 1 aliphatic heterocycles. The van der Waals surface area contributed by atoms with Crippen molar-refractivity contribution in [2.45, 2.75) is 0 Å². The first-order valence-electron chi connectivity index (χ1n) is 5.83. The smallest absolute Gasteiger partial charge is 0.270 e. The number of para-hydroxylation sites is 2. The van der Waals surface area contributed by atoms with E-state index in [-0.39, 0.29) is 11.5 Å². The van der Waals surface area contributed by atoms with Crippen LogP contribution in [0.2, 0.25) is 0 Å². The molecule has 2 aromatic rings. The number of hydroxylamine groups is 1. The summed E-state index contributed by atoms with van der Waals surface area (Å²) in [4.78, 5) is 10.3. The van der Waals surface area contributed by atoms with Gasteiger partial charge in [0.1, 0.15) is 0 Å². The summed E-state index contributed by atoms with van der Waals surface area (Å²) in [5.74, 6) is 0.201. The van der Waals surface area contributed by atoms with Gasteiger partial charge in [-0.05, 0) is 12.1 Å². The van der Waals surface area contributed by atoms with E-state index in [1.54, 1.807) is 30.3 Å². The first kappa shape index (κ1) is 12.1. The van der Waals surface area contributed by atoms with Crippen LogP contribution in [0.1, 0.15) is 5.56 Å². The standard InChI is InChI=1S/C13H10N4O3/c18-16-12-7-2-1-6-11(12)14-15-13(16)9-4-3-5-10(8-9)17(19)20/h1-8,14,18H. The van der Waals surface area contributed by atoms with Crippen molar-refractivity contribution in [1.82, 2.24) is 0 Å². The van der Waals surface area contributed by atoms with Gasteiger partial charge in [-0.25, -0.2) is 5.06 Å². The second-order valence-corrected chi connectivity index (χ2v) is 4.18. The maximum atomic E-state index is 10.8. The number of anilines is 2. The summed E-state index contributed by atoms with van der Waals surface area (Å²) in [5.41, 5.74) is 4.38. The highest BCUT2D eigenvalue weighted by Crippen LogP contribution is 2.29. The van der Waals surface area contributed by atoms with Gasteiger partial charge in [0, 0.05) is 17.7 Å². The molecule has 0 radical (unpaired) electrons. The summed E-state index contributed by atoms with van der Waals surface area (Å²) in [6, 6.07) is 13.0. The lowest BCUT2D eigenvalue weighted by molar-refractivity contribution is -0.384. The summed E-state index contributed by atoms with van der Waals surface area (Å²) in [7, 11) is 0. The Morgan fingerprint density at radius 2 is 2.00 bits per heavy atom. The number of nitro benzene ring substituents is 1. The number of nitro groups is 1. The predicted molar refractivity (Wildman–Crippen MR) is 74.0 cm³/mol. The van der Waals surface area contributed by atoms with E-state index in [0.29, 0.717) is 16.9 Å². The van der Waals surface area contributed by atoms with Crippen LogP contribution in [0.3, 0.4) is 0 Å². The highest BCUT2D eigenvalue weighted by Gasteiger charge is 2.22. The van der Waals surface area contributed by atoms with Gasteiger partial charge in [-0.2, -0.15) is 5.10 Å². The van der Waals surface area contributed by atoms with Crippen LogP contribution in [0.5, 0.6) is 0 Å². The van der Waals surface area contributed by atoms with Crippen molar-refractivity contribution in [3.8, 4) is 0 Å². The molecule has 0 aromatic heterocycles. The second kappa shape index (κ2) is 4.63. The van der Waals surface area contributed by atoms with E-state index in [1.807, 2.05) is 6.07 Å². The Kier molecular flexibility index (Phi) is 2.81. The number of fused-ring (bicyclic) bond motifs is 1. The molecule has 7 nitrogen and oxygen atoms in total. The lowest BCUT2D eigenvalue weighted by Crippen LogP contribution is -2.32. The molecule has 20 heavy (non-hydrogen) atoms. The monoisotopic (exact) mass is 270 g/mol. The molecule has 1 aliphatic rings. The molecule has 0 fully saturated rings. The van der Waals surface area contributed by atoms with Crippen LogP contribution in [-0.4, -0.2) is 16.0 Å². The molecular formula is C13H10N4O3. The number of nitrogens with zero attached hydrogens (tertiary/aromatic N) is 3. The van der Waals surface area contributed by atoms with Gasteiger partial charge in [0.15, 0.2) is 5.84 Å². The molecule has 2 N–H and O–H groups in total. The zero-order chi connectivity index (χ0) is 14.1. The van der Waals surface area contributed by atoms with Crippen LogP contribution in [0.4, 0.5) is 17.1 Å². The van der Waals surface area contributed by atoms with Crippen LogP contribution in [-0.2, 0) is 0 Å². The topological polar surface area (TPSA) is 91.0 Å². The Hall–Kier alpha value is -2.93. The van der Waals surface area contributed by atoms with Crippen LogP contribution >= 0.6 is 0 Å². The largest absolute Gasteiger partial charge is 0.282 e. The summed E-state index contributed by atoms with van der Waals surface area (Å²) >= 11 is 0. The van der Waals surface area contributed by atoms with Gasteiger partial charge in [-0.3, -0.25) is 20.7 Å². The first-order chi connectivity index (χ1) is 9.66. The third-order valence-electron chi connectivity index (χ3n) is 2.93. The highest BCUT2D eigenvalue weighted by molar-refractivity contribution is 6.11. The number of non-ortho nitro benzene ring substituents is 1. The quantitative estimate of drug-likeness (QED) is 0.646. The molecule has 0 saturated heterocycles. The zero-order valence-electron chi connectivity index (χ0n) is 10.2. The number of rotatable bonds is 2. The fourth-order valence-electron chi connectivity index (χ4n) is 1.97. The van der Waals surface area contributed by atoms with Crippen molar-refractivity contribution in [2.24, 2.45) is 5.10 Å². The van der Waals surface area contributed by atoms with Gasteiger partial charge >= 0.3 is 0 Å². The summed E-state index contributed by atoms with van der Waals surface area (Å²) < 4.78 is 0. The Balaban J connectivity index is 2.02. The summed E-state index contributed by atoms with van der Waals surface area (Å²) in [6.45, 7) is 0. The van der Waals surface area contributed by atoms with Crippen molar-refractivity contribution in [3.05, 3.63) is 64.2 Å². The molecule has 100 valence electrons. The minimum atomic E-state index is -0.490. The lowest BCUT2D eigenvalue weighted by atomic mass is 10.1. The van der Waals surface area contributed by atoms with Gasteiger partial charge in [0.2, 0.25) is 0 Å². The Labute approximate surface area is 113 Å². The van der Waals surface area contributed by atoms with Crippen LogP contribution in [0.15, 0.2) is 53.6 Å². The molecule has 0 bridgehead atoms. The molecule has 1 heterocycles. The molecule has 0 amide bonds. The fourth-order valence-corrected chi connectivity index (χ4v) is 1.97. The third kappa shape index (κ3) is 1.95. The lowest BCUT2D eigenvalue weighted by Gasteiger charge is -2.25. The third-order valence-corrected chi connectivity index (χ3v) is 2.93. The Bertz CT molecular complexity index is 714. The average molecular weight is 270 g/mol. The zero-order valence-corrected chi connectivity index (χ0v) is 10.2. The number of amidine groups is 1. The molecule has 0 unspecified atom stereocenters. The van der Waals surface area contributed by atoms with E-state index in [1.165, 1.54) is 12.1 Å². The first-order valence-corrected chi connectivity index (χ1v) is 5.83. The van der Waals surface area contributed by atoms with E-state index in [0.717, 1.165) is 5.06 Å². The summed E-state index contributed by atoms with van der Waals surface area (Å²) in [5, 5.41) is 25.9. The molecule has 7 heteroatoms. The van der Waals surface area contributed by atoms with Gasteiger partial charge in [0.25, 0.3) is 5.69 Å². The molecular weight excluding hydrogens is 260 g/mol. The molecule has 0 aliphatic carbocycles. The maximum Gasteiger partial charge on any atom is 0.270 e. The molecule has 0 atom stereocenters. The van der Waals surface area contributed by atoms with E-state index in [4.69, 9.17) is 0 Å². The number of hydrogen-bond acceptors (Lipinski definition) is 6. The summed E-state index contributed by atoms with van der Waals surface area (Å²) in [6.07, 6.45) is 0. The van der Waals surface area contributed by atoms with Gasteiger partial charge in [0.05, 0.1) is 16.3 Å². The van der Waals surface area contributed by atoms with E-state index < -0.39 is 4.92 Å². The van der Waals surface area contributed by atoms with Crippen molar-refractivity contribution in [3.63, 3.8) is 0 Å². The molecule has 3 rings (SSSR count). The van der Waals surface area contributed by atoms with E-state index >= 15 is 0 Å². The number of hydrazone groups is 1. The molecule has 2 aromatic carbocycles. The van der Waals surface area contributed by atoms with Crippen molar-refractivity contribution < 1.29 is 10.1 Å². The normalized spacial score (nSPS) is 13.2. The van der Waals surface area contributed by atoms with Crippen molar-refractivity contribution in [2.75, 3.05) is 10.5 Å². The van der Waals surface area contributed by atoms with Gasteiger partial charge in [-0.1, -0.05) is 24.3 Å². The van der Waals surface area contributed by atoms with Crippen LogP contribution < -0.4 is 10.5 Å². The molecule has 0 saturated carbocycles. The second-order valence-electron chi connectivity index (χ2n) is 4.18. The van der Waals surface area contributed by atoms with Crippen molar-refractivity contribution in [1.29, 1.82) is 0 Å². The van der Waals surface area contributed by atoms with Gasteiger partial charge in [-0.15, -0.1) is 0 Å². The number of benzene rings is 2. The Morgan fingerprint density at radius 1 is 1.20 bits per heavy atom. The minimum absolute atomic E-state index is 0.0579. The SMILES string of the molecule is O=[N+]([O-])c1cccc(C2=NNc3ccccc3N2O)c1. The van der Waals surface area contributed by atoms with Gasteiger partial charge < -0.3 is 0 Å². The average Bonchev–Trinajstić information content (AvgIpc) is 2.48. The minimum Gasteiger partial charge on any atom is -0.282 e. The number of hydrogen-bond donors (Lipinski definition) is 2. The van der Waals surface area contributed by atoms with E-state index in [9.17, 15) is 15.3 Å². The Morgan fingerprint density at radius 3 is 2.80 bits per heavy atom. The highest BCUT2D eigenvalue weighted by atomic mass is 16.6. The maximum absolute atomic E-state index is 10.8. The van der Waals surface area contributed by atoms with Crippen LogP contribution in [0.25, 0.3) is 0 Å². The predicted octanol–water partition coefficient (Wildman–Crippen LogP) is 2.58. The molecule has 0 spiro atoms. The van der Waals surface area contributed by atoms with E-state index in [2.05, 4.69) is 10.5 Å². The number of nitrogens with one attached hydrogen (secondary N) is 1. The van der Waals surface area contributed by atoms with Crippen molar-refractivity contribution >= 4 is 22.9 Å². The van der Waals surface area contributed by atoms with Crippen LogP contribution in [0, 0.1) is 10.1 Å². The fraction of sp³-hybridized carbons (Fsp3) is 0.